The molecule has 0 aromatic carbocycles. The van der Waals surface area contributed by atoms with E-state index in [9.17, 15) is 4.79 Å². The van der Waals surface area contributed by atoms with Crippen LogP contribution in [0.25, 0.3) is 0 Å². The average Bonchev–Trinajstić information content (AvgIpc) is 2.68. The van der Waals surface area contributed by atoms with Gasteiger partial charge >= 0.3 is 0 Å². The summed E-state index contributed by atoms with van der Waals surface area (Å²) >= 11 is 0. The SMILES string of the molecule is CNCC1CCN(C(=O)CCN2CCN(c3ccccn3)CC2)CC1.Cl.Cl. The summed E-state index contributed by atoms with van der Waals surface area (Å²) in [6, 6.07) is 6.05. The van der Waals surface area contributed by atoms with Crippen LogP contribution in [-0.2, 0) is 4.79 Å². The van der Waals surface area contributed by atoms with Gasteiger partial charge < -0.3 is 15.1 Å². The summed E-state index contributed by atoms with van der Waals surface area (Å²) in [5.41, 5.74) is 0. The Balaban J connectivity index is 0.00000182. The largest absolute Gasteiger partial charge is 0.354 e. The van der Waals surface area contributed by atoms with Crippen LogP contribution >= 0.6 is 24.8 Å². The summed E-state index contributed by atoms with van der Waals surface area (Å²) in [5.74, 6) is 2.12. The third-order valence-electron chi connectivity index (χ3n) is 5.45. The molecule has 1 amide bonds. The Morgan fingerprint density at radius 2 is 1.81 bits per heavy atom. The molecule has 154 valence electrons. The molecule has 0 spiro atoms. The molecule has 0 bridgehead atoms. The highest BCUT2D eigenvalue weighted by Gasteiger charge is 2.23. The first-order chi connectivity index (χ1) is 12.3. The van der Waals surface area contributed by atoms with Gasteiger partial charge in [-0.2, -0.15) is 0 Å². The Kier molecular flexibility index (Phi) is 11.0. The lowest BCUT2D eigenvalue weighted by Gasteiger charge is -2.36. The van der Waals surface area contributed by atoms with Crippen LogP contribution in [0.4, 0.5) is 5.82 Å². The first-order valence-electron chi connectivity index (χ1n) is 9.57. The summed E-state index contributed by atoms with van der Waals surface area (Å²) in [4.78, 5) is 23.7. The van der Waals surface area contributed by atoms with E-state index in [1.807, 2.05) is 25.4 Å². The number of piperidine rings is 1. The second-order valence-corrected chi connectivity index (χ2v) is 7.15. The van der Waals surface area contributed by atoms with Gasteiger partial charge in [0, 0.05) is 58.4 Å². The molecule has 1 aromatic rings. The number of hydrogen-bond donors (Lipinski definition) is 1. The molecule has 0 atom stereocenters. The second-order valence-electron chi connectivity index (χ2n) is 7.15. The number of nitrogens with one attached hydrogen (secondary N) is 1. The highest BCUT2D eigenvalue weighted by atomic mass is 35.5. The molecule has 0 saturated carbocycles. The minimum atomic E-state index is 0. The Labute approximate surface area is 175 Å². The highest BCUT2D eigenvalue weighted by molar-refractivity contribution is 5.85. The molecule has 0 radical (unpaired) electrons. The number of halogens is 2. The molecule has 2 fully saturated rings. The molecule has 2 aliphatic heterocycles. The van der Waals surface area contributed by atoms with Crippen LogP contribution in [0.15, 0.2) is 24.4 Å². The third kappa shape index (κ3) is 7.11. The van der Waals surface area contributed by atoms with Crippen molar-refractivity contribution in [2.75, 3.05) is 64.3 Å². The quantitative estimate of drug-likeness (QED) is 0.765. The maximum atomic E-state index is 12.5. The lowest BCUT2D eigenvalue weighted by Crippen LogP contribution is -2.48. The molecule has 6 nitrogen and oxygen atoms in total. The number of aromatic nitrogens is 1. The van der Waals surface area contributed by atoms with Crippen LogP contribution in [0, 0.1) is 5.92 Å². The van der Waals surface area contributed by atoms with Gasteiger partial charge in [0.1, 0.15) is 5.82 Å². The summed E-state index contributed by atoms with van der Waals surface area (Å²) in [6.45, 7) is 7.80. The van der Waals surface area contributed by atoms with Crippen molar-refractivity contribution < 1.29 is 4.79 Å². The van der Waals surface area contributed by atoms with Crippen LogP contribution in [-0.4, -0.2) is 80.1 Å². The van der Waals surface area contributed by atoms with Crippen LogP contribution in [0.3, 0.4) is 0 Å². The zero-order chi connectivity index (χ0) is 17.5. The van der Waals surface area contributed by atoms with Crippen molar-refractivity contribution in [3.05, 3.63) is 24.4 Å². The van der Waals surface area contributed by atoms with Gasteiger partial charge in [0.25, 0.3) is 0 Å². The number of amides is 1. The van der Waals surface area contributed by atoms with Gasteiger partial charge in [-0.05, 0) is 44.5 Å². The van der Waals surface area contributed by atoms with Crippen LogP contribution < -0.4 is 10.2 Å². The fraction of sp³-hybridized carbons (Fsp3) is 0.684. The van der Waals surface area contributed by atoms with E-state index < -0.39 is 0 Å². The van der Waals surface area contributed by atoms with E-state index in [2.05, 4.69) is 31.1 Å². The normalized spacial score (nSPS) is 18.6. The summed E-state index contributed by atoms with van der Waals surface area (Å²) < 4.78 is 0. The molecule has 2 aliphatic rings. The Morgan fingerprint density at radius 1 is 1.11 bits per heavy atom. The van der Waals surface area contributed by atoms with Gasteiger partial charge in [0.05, 0.1) is 0 Å². The van der Waals surface area contributed by atoms with E-state index in [1.165, 1.54) is 0 Å². The number of nitrogens with zero attached hydrogens (tertiary/aromatic N) is 4. The Morgan fingerprint density at radius 3 is 2.41 bits per heavy atom. The molecule has 8 heteroatoms. The molecule has 27 heavy (non-hydrogen) atoms. The first-order valence-corrected chi connectivity index (χ1v) is 9.57. The molecular weight excluding hydrogens is 385 g/mol. The molecule has 0 unspecified atom stereocenters. The molecule has 3 heterocycles. The number of hydrogen-bond acceptors (Lipinski definition) is 5. The number of carbonyl (C=O) groups is 1. The van der Waals surface area contributed by atoms with Crippen molar-refractivity contribution in [1.82, 2.24) is 20.1 Å². The van der Waals surface area contributed by atoms with Crippen molar-refractivity contribution in [3.8, 4) is 0 Å². The van der Waals surface area contributed by atoms with Crippen molar-refractivity contribution >= 4 is 36.5 Å². The van der Waals surface area contributed by atoms with Gasteiger partial charge in [-0.25, -0.2) is 4.98 Å². The van der Waals surface area contributed by atoms with Crippen molar-refractivity contribution in [2.45, 2.75) is 19.3 Å². The number of pyridine rings is 1. The predicted octanol–water partition coefficient (Wildman–Crippen LogP) is 1.90. The smallest absolute Gasteiger partial charge is 0.223 e. The van der Waals surface area contributed by atoms with Gasteiger partial charge in [0.2, 0.25) is 5.91 Å². The lowest BCUT2D eigenvalue weighted by atomic mass is 9.96. The van der Waals surface area contributed by atoms with Crippen LogP contribution in [0.5, 0.6) is 0 Å². The number of rotatable bonds is 6. The summed E-state index contributed by atoms with van der Waals surface area (Å²) in [6.07, 6.45) is 4.77. The van der Waals surface area contributed by atoms with Crippen molar-refractivity contribution in [2.24, 2.45) is 5.92 Å². The molecule has 0 aliphatic carbocycles. The molecule has 1 N–H and O–H groups in total. The molecule has 3 rings (SSSR count). The molecule has 1 aromatic heterocycles. The first kappa shape index (κ1) is 24.0. The van der Waals surface area contributed by atoms with E-state index in [0.29, 0.717) is 12.3 Å². The highest BCUT2D eigenvalue weighted by Crippen LogP contribution is 2.17. The van der Waals surface area contributed by atoms with Crippen molar-refractivity contribution in [3.63, 3.8) is 0 Å². The molecular formula is C19H33Cl2N5O. The topological polar surface area (TPSA) is 51.7 Å². The molecule has 2 saturated heterocycles. The number of anilines is 1. The van der Waals surface area contributed by atoms with E-state index in [1.54, 1.807) is 0 Å². The van der Waals surface area contributed by atoms with E-state index in [-0.39, 0.29) is 24.8 Å². The third-order valence-corrected chi connectivity index (χ3v) is 5.45. The Bertz CT molecular complexity index is 532. The maximum absolute atomic E-state index is 12.5. The zero-order valence-corrected chi connectivity index (χ0v) is 17.8. The fourth-order valence-electron chi connectivity index (χ4n) is 3.83. The van der Waals surface area contributed by atoms with Crippen molar-refractivity contribution in [1.29, 1.82) is 0 Å². The second kappa shape index (κ2) is 12.4. The van der Waals surface area contributed by atoms with Gasteiger partial charge in [0.15, 0.2) is 0 Å². The van der Waals surface area contributed by atoms with Gasteiger partial charge in [-0.3, -0.25) is 9.69 Å². The number of piperazine rings is 1. The summed E-state index contributed by atoms with van der Waals surface area (Å²) in [5, 5.41) is 3.25. The van der Waals surface area contributed by atoms with E-state index >= 15 is 0 Å². The van der Waals surface area contributed by atoms with Gasteiger partial charge in [-0.15, -0.1) is 24.8 Å². The van der Waals surface area contributed by atoms with Gasteiger partial charge in [-0.1, -0.05) is 6.07 Å². The lowest BCUT2D eigenvalue weighted by molar-refractivity contribution is -0.132. The fourth-order valence-corrected chi connectivity index (χ4v) is 3.83. The standard InChI is InChI=1S/C19H31N5O.2ClH/c1-20-16-17-5-10-24(11-6-17)19(25)7-9-22-12-14-23(15-13-22)18-4-2-3-8-21-18;;/h2-4,8,17,20H,5-7,9-16H2,1H3;2*1H. The monoisotopic (exact) mass is 417 g/mol. The van der Waals surface area contributed by atoms with E-state index in [4.69, 9.17) is 0 Å². The minimum absolute atomic E-state index is 0. The maximum Gasteiger partial charge on any atom is 0.223 e. The minimum Gasteiger partial charge on any atom is -0.354 e. The van der Waals surface area contributed by atoms with E-state index in [0.717, 1.165) is 76.9 Å². The average molecular weight is 418 g/mol. The Hall–Kier alpha value is -1.08. The van der Waals surface area contributed by atoms with Crippen LogP contribution in [0.1, 0.15) is 19.3 Å². The number of likely N-dealkylation sites (tertiary alicyclic amines) is 1. The van der Waals surface area contributed by atoms with Crippen LogP contribution in [0.2, 0.25) is 0 Å². The number of carbonyl (C=O) groups excluding carboxylic acids is 1. The predicted molar refractivity (Wildman–Crippen MR) is 115 cm³/mol. The summed E-state index contributed by atoms with van der Waals surface area (Å²) in [7, 11) is 2.01. The zero-order valence-electron chi connectivity index (χ0n) is 16.2.